The maximum atomic E-state index is 13.1. The molecular weight excluding hydrogens is 413 g/mol. The maximum Gasteiger partial charge on any atom is 0.262 e. The van der Waals surface area contributed by atoms with Crippen LogP contribution in [0.1, 0.15) is 13.3 Å². The lowest BCUT2D eigenvalue weighted by Crippen LogP contribution is -2.34. The van der Waals surface area contributed by atoms with E-state index in [4.69, 9.17) is 4.74 Å². The third-order valence-electron chi connectivity index (χ3n) is 4.72. The number of ether oxygens (including phenoxy) is 1. The normalized spacial score (nSPS) is 17.7. The van der Waals surface area contributed by atoms with Gasteiger partial charge in [0, 0.05) is 11.6 Å². The molecule has 1 aliphatic carbocycles. The maximum absolute atomic E-state index is 13.1. The molecule has 2 amide bonds. The van der Waals surface area contributed by atoms with E-state index in [0.717, 1.165) is 30.7 Å². The van der Waals surface area contributed by atoms with E-state index in [0.29, 0.717) is 11.6 Å². The van der Waals surface area contributed by atoms with Crippen molar-refractivity contribution < 1.29 is 27.1 Å². The number of carbonyl (C=O) groups excluding carboxylic acids is 2. The lowest BCUT2D eigenvalue weighted by molar-refractivity contribution is -0.125. The van der Waals surface area contributed by atoms with Crippen LogP contribution in [0.3, 0.4) is 0 Å². The molecule has 30 heavy (non-hydrogen) atoms. The first kappa shape index (κ1) is 21.6. The van der Waals surface area contributed by atoms with Crippen molar-refractivity contribution in [1.29, 1.82) is 0 Å². The zero-order valence-electron chi connectivity index (χ0n) is 16.4. The second kappa shape index (κ2) is 8.70. The number of methoxy groups -OCH3 is 1. The highest BCUT2D eigenvalue weighted by Gasteiger charge is 2.38. The van der Waals surface area contributed by atoms with Gasteiger partial charge in [-0.2, -0.15) is 0 Å². The van der Waals surface area contributed by atoms with E-state index in [1.54, 1.807) is 0 Å². The smallest absolute Gasteiger partial charge is 0.262 e. The van der Waals surface area contributed by atoms with Crippen LogP contribution in [0.15, 0.2) is 47.4 Å². The summed E-state index contributed by atoms with van der Waals surface area (Å²) in [5.74, 6) is -0.624. The fraction of sp³-hybridized carbons (Fsp3) is 0.300. The van der Waals surface area contributed by atoms with Crippen molar-refractivity contribution in [2.75, 3.05) is 23.7 Å². The average molecular weight is 435 g/mol. The van der Waals surface area contributed by atoms with Gasteiger partial charge in [0.1, 0.15) is 11.6 Å². The Labute approximate surface area is 173 Å². The Morgan fingerprint density at radius 2 is 1.83 bits per heavy atom. The predicted octanol–water partition coefficient (Wildman–Crippen LogP) is 2.35. The zero-order chi connectivity index (χ0) is 21.9. The lowest BCUT2D eigenvalue weighted by atomic mass is 10.2. The van der Waals surface area contributed by atoms with Gasteiger partial charge < -0.3 is 15.4 Å². The molecule has 2 aromatic rings. The average Bonchev–Trinajstić information content (AvgIpc) is 3.43. The standard InChI is InChI=1S/C20H22FN3O5S/c1-12-9-16(12)20(26)22-11-19(25)23-14-5-8-18(29-2)17(10-14)24-30(27,28)15-6-3-13(21)4-7-15/h3-8,10,12,16,24H,9,11H2,1-2H3,(H,22,26)(H,23,25). The fourth-order valence-corrected chi connectivity index (χ4v) is 3.94. The third kappa shape index (κ3) is 5.26. The van der Waals surface area contributed by atoms with Gasteiger partial charge in [-0.1, -0.05) is 6.92 Å². The molecule has 0 heterocycles. The van der Waals surface area contributed by atoms with Crippen molar-refractivity contribution in [1.82, 2.24) is 5.32 Å². The van der Waals surface area contributed by atoms with Crippen LogP contribution in [0.2, 0.25) is 0 Å². The van der Waals surface area contributed by atoms with Gasteiger partial charge >= 0.3 is 0 Å². The Balaban J connectivity index is 1.69. The van der Waals surface area contributed by atoms with Gasteiger partial charge in [0.05, 0.1) is 24.2 Å². The highest BCUT2D eigenvalue weighted by atomic mass is 32.2. The molecule has 0 aromatic heterocycles. The number of hydrogen-bond acceptors (Lipinski definition) is 5. The molecular formula is C20H22FN3O5S. The van der Waals surface area contributed by atoms with Crippen molar-refractivity contribution in [2.45, 2.75) is 18.2 Å². The second-order valence-electron chi connectivity index (χ2n) is 7.06. The monoisotopic (exact) mass is 435 g/mol. The van der Waals surface area contributed by atoms with Gasteiger partial charge in [0.15, 0.2) is 0 Å². The van der Waals surface area contributed by atoms with E-state index < -0.39 is 21.7 Å². The van der Waals surface area contributed by atoms with Gasteiger partial charge in [-0.15, -0.1) is 0 Å². The molecule has 1 aliphatic rings. The summed E-state index contributed by atoms with van der Waals surface area (Å²) in [7, 11) is -2.63. The number of halogens is 1. The summed E-state index contributed by atoms with van der Waals surface area (Å²) in [6.45, 7) is 1.78. The Hall–Kier alpha value is -3.14. The van der Waals surface area contributed by atoms with E-state index in [-0.39, 0.29) is 34.7 Å². The molecule has 0 radical (unpaired) electrons. The molecule has 2 unspecified atom stereocenters. The molecule has 8 nitrogen and oxygen atoms in total. The SMILES string of the molecule is COc1ccc(NC(=O)CNC(=O)C2CC2C)cc1NS(=O)(=O)c1ccc(F)cc1. The van der Waals surface area contributed by atoms with Crippen molar-refractivity contribution >= 4 is 33.2 Å². The topological polar surface area (TPSA) is 114 Å². The molecule has 0 spiro atoms. The van der Waals surface area contributed by atoms with Gasteiger partial charge in [-0.05, 0) is 54.8 Å². The number of carbonyl (C=O) groups is 2. The zero-order valence-corrected chi connectivity index (χ0v) is 17.3. The Morgan fingerprint density at radius 3 is 2.43 bits per heavy atom. The quantitative estimate of drug-likeness (QED) is 0.589. The first-order chi connectivity index (χ1) is 14.2. The van der Waals surface area contributed by atoms with Crippen LogP contribution in [0.5, 0.6) is 5.75 Å². The number of benzene rings is 2. The summed E-state index contributed by atoms with van der Waals surface area (Å²) < 4.78 is 45.7. The molecule has 160 valence electrons. The number of hydrogen-bond donors (Lipinski definition) is 3. The largest absolute Gasteiger partial charge is 0.495 e. The first-order valence-electron chi connectivity index (χ1n) is 9.23. The molecule has 2 aromatic carbocycles. The van der Waals surface area contributed by atoms with E-state index in [1.165, 1.54) is 25.3 Å². The van der Waals surface area contributed by atoms with E-state index in [9.17, 15) is 22.4 Å². The Kier molecular flexibility index (Phi) is 6.25. The second-order valence-corrected chi connectivity index (χ2v) is 8.74. The lowest BCUT2D eigenvalue weighted by Gasteiger charge is -2.14. The Morgan fingerprint density at radius 1 is 1.17 bits per heavy atom. The highest BCUT2D eigenvalue weighted by molar-refractivity contribution is 7.92. The number of amides is 2. The fourth-order valence-electron chi connectivity index (χ4n) is 2.87. The first-order valence-corrected chi connectivity index (χ1v) is 10.7. The van der Waals surface area contributed by atoms with Crippen molar-refractivity contribution in [3.05, 3.63) is 48.3 Å². The molecule has 0 aliphatic heterocycles. The van der Waals surface area contributed by atoms with Crippen LogP contribution in [0.25, 0.3) is 0 Å². The minimum Gasteiger partial charge on any atom is -0.495 e. The predicted molar refractivity (Wildman–Crippen MR) is 109 cm³/mol. The van der Waals surface area contributed by atoms with Crippen LogP contribution in [-0.2, 0) is 19.6 Å². The highest BCUT2D eigenvalue weighted by Crippen LogP contribution is 2.37. The van der Waals surface area contributed by atoms with Gasteiger partial charge in [0.25, 0.3) is 10.0 Å². The van der Waals surface area contributed by atoms with Crippen molar-refractivity contribution in [2.24, 2.45) is 11.8 Å². The van der Waals surface area contributed by atoms with E-state index in [1.807, 2.05) is 6.92 Å². The summed E-state index contributed by atoms with van der Waals surface area (Å²) in [4.78, 5) is 23.8. The van der Waals surface area contributed by atoms with Crippen LogP contribution >= 0.6 is 0 Å². The van der Waals surface area contributed by atoms with Crippen molar-refractivity contribution in [3.8, 4) is 5.75 Å². The van der Waals surface area contributed by atoms with E-state index in [2.05, 4.69) is 15.4 Å². The third-order valence-corrected chi connectivity index (χ3v) is 6.10. The van der Waals surface area contributed by atoms with Gasteiger partial charge in [-0.3, -0.25) is 14.3 Å². The molecule has 3 N–H and O–H groups in total. The molecule has 0 bridgehead atoms. The Bertz CT molecular complexity index is 1060. The molecule has 10 heteroatoms. The molecule has 1 fully saturated rings. The number of rotatable bonds is 8. The number of anilines is 2. The summed E-state index contributed by atoms with van der Waals surface area (Å²) >= 11 is 0. The molecule has 1 saturated carbocycles. The van der Waals surface area contributed by atoms with Crippen molar-refractivity contribution in [3.63, 3.8) is 0 Å². The van der Waals surface area contributed by atoms with Crippen LogP contribution in [-0.4, -0.2) is 33.9 Å². The van der Waals surface area contributed by atoms with Gasteiger partial charge in [0.2, 0.25) is 11.8 Å². The molecule has 3 rings (SSSR count). The van der Waals surface area contributed by atoms with Crippen LogP contribution in [0.4, 0.5) is 15.8 Å². The summed E-state index contributed by atoms with van der Waals surface area (Å²) in [6, 6.07) is 8.78. The molecule has 0 saturated heterocycles. The van der Waals surface area contributed by atoms with Crippen LogP contribution in [0, 0.1) is 17.7 Å². The van der Waals surface area contributed by atoms with E-state index >= 15 is 0 Å². The number of nitrogens with one attached hydrogen (secondary N) is 3. The minimum atomic E-state index is -4.00. The molecule has 2 atom stereocenters. The number of sulfonamides is 1. The minimum absolute atomic E-state index is 0.0359. The summed E-state index contributed by atoms with van der Waals surface area (Å²) in [5, 5.41) is 5.18. The van der Waals surface area contributed by atoms with Crippen LogP contribution < -0.4 is 20.1 Å². The summed E-state index contributed by atoms with van der Waals surface area (Å²) in [6.07, 6.45) is 0.823. The van der Waals surface area contributed by atoms with Gasteiger partial charge in [-0.25, -0.2) is 12.8 Å². The summed E-state index contributed by atoms with van der Waals surface area (Å²) in [5.41, 5.74) is 0.405.